The van der Waals surface area contributed by atoms with E-state index in [9.17, 15) is 8.42 Å². The summed E-state index contributed by atoms with van der Waals surface area (Å²) in [4.78, 5) is 0.261. The van der Waals surface area contributed by atoms with Gasteiger partial charge in [0.05, 0.1) is 11.5 Å². The highest BCUT2D eigenvalue weighted by Gasteiger charge is 2.16. The molecule has 0 saturated carbocycles. The fourth-order valence-electron chi connectivity index (χ4n) is 1.89. The van der Waals surface area contributed by atoms with Gasteiger partial charge in [0.1, 0.15) is 5.75 Å². The van der Waals surface area contributed by atoms with E-state index in [0.29, 0.717) is 18.9 Å². The summed E-state index contributed by atoms with van der Waals surface area (Å²) in [6, 6.07) is 6.40. The molecule has 0 fully saturated rings. The number of unbranched alkanes of at least 4 members (excludes halogenated alkanes) is 1. The largest absolute Gasteiger partial charge is 0.494 e. The summed E-state index contributed by atoms with van der Waals surface area (Å²) in [5.74, 6) is 0.654. The first-order chi connectivity index (χ1) is 9.99. The first-order valence-corrected chi connectivity index (χ1v) is 8.93. The molecule has 0 radical (unpaired) electrons. The third-order valence-corrected chi connectivity index (χ3v) is 4.70. The molecule has 0 bridgehead atoms. The van der Waals surface area contributed by atoms with Crippen LogP contribution in [-0.4, -0.2) is 27.6 Å². The molecule has 3 N–H and O–H groups in total. The standard InChI is InChI=1S/C15H26N2O3S/c1-3-4-6-13(2)17-21(18,19)15-9-7-14(8-10-15)20-12-5-11-16/h7-10,13,17H,3-6,11-12,16H2,1-2H3. The maximum Gasteiger partial charge on any atom is 0.240 e. The van der Waals surface area contributed by atoms with Gasteiger partial charge in [0.2, 0.25) is 10.0 Å². The Kier molecular flexibility index (Phi) is 7.71. The van der Waals surface area contributed by atoms with Crippen LogP contribution < -0.4 is 15.2 Å². The number of ether oxygens (including phenoxy) is 1. The molecule has 0 aliphatic rings. The average molecular weight is 314 g/mol. The predicted octanol–water partition coefficient (Wildman–Crippen LogP) is 2.27. The monoisotopic (exact) mass is 314 g/mol. The number of hydrogen-bond acceptors (Lipinski definition) is 4. The Morgan fingerprint density at radius 3 is 2.48 bits per heavy atom. The fraction of sp³-hybridized carbons (Fsp3) is 0.600. The maximum absolute atomic E-state index is 12.2. The second-order valence-electron chi connectivity index (χ2n) is 5.13. The van der Waals surface area contributed by atoms with Crippen molar-refractivity contribution in [2.45, 2.75) is 50.5 Å². The molecule has 0 aliphatic heterocycles. The van der Waals surface area contributed by atoms with Crippen molar-refractivity contribution in [3.8, 4) is 5.75 Å². The molecule has 0 heterocycles. The lowest BCUT2D eigenvalue weighted by molar-refractivity contribution is 0.313. The third kappa shape index (κ3) is 6.46. The van der Waals surface area contributed by atoms with Gasteiger partial charge in [-0.2, -0.15) is 0 Å². The summed E-state index contributed by atoms with van der Waals surface area (Å²) < 4.78 is 32.6. The van der Waals surface area contributed by atoms with Crippen LogP contribution in [0.4, 0.5) is 0 Å². The van der Waals surface area contributed by atoms with E-state index >= 15 is 0 Å². The van der Waals surface area contributed by atoms with E-state index in [0.717, 1.165) is 25.7 Å². The Hall–Kier alpha value is -1.11. The summed E-state index contributed by atoms with van der Waals surface area (Å²) in [5.41, 5.74) is 5.39. The molecule has 120 valence electrons. The lowest BCUT2D eigenvalue weighted by Crippen LogP contribution is -2.32. The van der Waals surface area contributed by atoms with E-state index in [1.54, 1.807) is 24.3 Å². The Labute approximate surface area is 127 Å². The van der Waals surface area contributed by atoms with Gasteiger partial charge in [-0.05, 0) is 50.6 Å². The highest BCUT2D eigenvalue weighted by molar-refractivity contribution is 7.89. The van der Waals surface area contributed by atoms with Gasteiger partial charge in [0, 0.05) is 6.04 Å². The van der Waals surface area contributed by atoms with E-state index < -0.39 is 10.0 Å². The Balaban J connectivity index is 2.62. The Bertz CT molecular complexity index is 500. The number of hydrogen-bond donors (Lipinski definition) is 2. The Morgan fingerprint density at radius 1 is 1.24 bits per heavy atom. The molecule has 6 heteroatoms. The van der Waals surface area contributed by atoms with Crippen molar-refractivity contribution < 1.29 is 13.2 Å². The summed E-state index contributed by atoms with van der Waals surface area (Å²) in [7, 11) is -3.46. The molecule has 1 unspecified atom stereocenters. The van der Waals surface area contributed by atoms with Gasteiger partial charge in [-0.15, -0.1) is 0 Å². The summed E-state index contributed by atoms with van der Waals surface area (Å²) in [6.07, 6.45) is 3.69. The minimum absolute atomic E-state index is 0.0598. The van der Waals surface area contributed by atoms with Crippen molar-refractivity contribution in [3.05, 3.63) is 24.3 Å². The molecule has 1 atom stereocenters. The lowest BCUT2D eigenvalue weighted by Gasteiger charge is -2.14. The van der Waals surface area contributed by atoms with Crippen LogP contribution in [0.5, 0.6) is 5.75 Å². The number of sulfonamides is 1. The molecule has 0 spiro atoms. The molecular formula is C15H26N2O3S. The minimum Gasteiger partial charge on any atom is -0.494 e. The van der Waals surface area contributed by atoms with Gasteiger partial charge in [-0.25, -0.2) is 13.1 Å². The van der Waals surface area contributed by atoms with E-state index in [4.69, 9.17) is 10.5 Å². The fourth-order valence-corrected chi connectivity index (χ4v) is 3.17. The Morgan fingerprint density at radius 2 is 1.90 bits per heavy atom. The van der Waals surface area contributed by atoms with Gasteiger partial charge in [-0.1, -0.05) is 19.8 Å². The van der Waals surface area contributed by atoms with Crippen LogP contribution in [0.2, 0.25) is 0 Å². The molecule has 5 nitrogen and oxygen atoms in total. The van der Waals surface area contributed by atoms with Crippen LogP contribution in [0.15, 0.2) is 29.2 Å². The van der Waals surface area contributed by atoms with Crippen LogP contribution in [-0.2, 0) is 10.0 Å². The van der Waals surface area contributed by atoms with Crippen LogP contribution in [0.1, 0.15) is 39.5 Å². The molecule has 1 aromatic carbocycles. The zero-order valence-electron chi connectivity index (χ0n) is 12.8. The van der Waals surface area contributed by atoms with E-state index in [1.165, 1.54) is 0 Å². The summed E-state index contributed by atoms with van der Waals surface area (Å²) >= 11 is 0. The third-order valence-electron chi connectivity index (χ3n) is 3.10. The topological polar surface area (TPSA) is 81.4 Å². The van der Waals surface area contributed by atoms with Gasteiger partial charge in [-0.3, -0.25) is 0 Å². The van der Waals surface area contributed by atoms with Crippen molar-refractivity contribution in [1.82, 2.24) is 4.72 Å². The number of nitrogens with two attached hydrogens (primary N) is 1. The number of rotatable bonds is 10. The lowest BCUT2D eigenvalue weighted by atomic mass is 10.2. The van der Waals surface area contributed by atoms with E-state index in [1.807, 2.05) is 6.92 Å². The van der Waals surface area contributed by atoms with Gasteiger partial charge in [0.15, 0.2) is 0 Å². The zero-order chi connectivity index (χ0) is 15.7. The van der Waals surface area contributed by atoms with Crippen LogP contribution in [0.25, 0.3) is 0 Å². The molecule has 1 rings (SSSR count). The summed E-state index contributed by atoms with van der Waals surface area (Å²) in [5, 5.41) is 0. The van der Waals surface area contributed by atoms with E-state index in [2.05, 4.69) is 11.6 Å². The van der Waals surface area contributed by atoms with Gasteiger partial charge < -0.3 is 10.5 Å². The quantitative estimate of drug-likeness (QED) is 0.649. The van der Waals surface area contributed by atoms with Crippen molar-refractivity contribution >= 4 is 10.0 Å². The summed E-state index contributed by atoms with van der Waals surface area (Å²) in [6.45, 7) is 5.09. The maximum atomic E-state index is 12.2. The number of nitrogens with one attached hydrogen (secondary N) is 1. The zero-order valence-corrected chi connectivity index (χ0v) is 13.7. The van der Waals surface area contributed by atoms with Crippen LogP contribution >= 0.6 is 0 Å². The first kappa shape index (κ1) is 17.9. The van der Waals surface area contributed by atoms with Gasteiger partial charge in [0.25, 0.3) is 0 Å². The molecule has 0 amide bonds. The molecule has 0 saturated heterocycles. The van der Waals surface area contributed by atoms with Crippen molar-refractivity contribution in [2.75, 3.05) is 13.2 Å². The van der Waals surface area contributed by atoms with E-state index in [-0.39, 0.29) is 10.9 Å². The van der Waals surface area contributed by atoms with Crippen LogP contribution in [0.3, 0.4) is 0 Å². The smallest absolute Gasteiger partial charge is 0.240 e. The average Bonchev–Trinajstić information content (AvgIpc) is 2.45. The minimum atomic E-state index is -3.46. The molecule has 1 aromatic rings. The SMILES string of the molecule is CCCCC(C)NS(=O)(=O)c1ccc(OCCCN)cc1. The number of benzene rings is 1. The van der Waals surface area contributed by atoms with Gasteiger partial charge >= 0.3 is 0 Å². The second kappa shape index (κ2) is 9.02. The predicted molar refractivity (Wildman–Crippen MR) is 84.9 cm³/mol. The highest BCUT2D eigenvalue weighted by atomic mass is 32.2. The van der Waals surface area contributed by atoms with Crippen molar-refractivity contribution in [2.24, 2.45) is 5.73 Å². The first-order valence-electron chi connectivity index (χ1n) is 7.45. The van der Waals surface area contributed by atoms with Crippen LogP contribution in [0, 0.1) is 0 Å². The van der Waals surface area contributed by atoms with Crippen molar-refractivity contribution in [1.29, 1.82) is 0 Å². The molecule has 0 aliphatic carbocycles. The van der Waals surface area contributed by atoms with Crippen molar-refractivity contribution in [3.63, 3.8) is 0 Å². The molecule has 21 heavy (non-hydrogen) atoms. The second-order valence-corrected chi connectivity index (χ2v) is 6.84. The normalized spacial score (nSPS) is 13.1. The highest BCUT2D eigenvalue weighted by Crippen LogP contribution is 2.17. The molecule has 0 aromatic heterocycles. The molecular weight excluding hydrogens is 288 g/mol.